The van der Waals surface area contributed by atoms with Crippen LogP contribution in [0.2, 0.25) is 0 Å². The Morgan fingerprint density at radius 2 is 1.79 bits per heavy atom. The molecule has 2 aromatic rings. The molecule has 0 N–H and O–H groups in total. The lowest BCUT2D eigenvalue weighted by Gasteiger charge is -2.65. The summed E-state index contributed by atoms with van der Waals surface area (Å²) in [6, 6.07) is 9.82. The molecular weight excluding hydrogens is 400 g/mol. The summed E-state index contributed by atoms with van der Waals surface area (Å²) in [5, 5.41) is 2.66. The van der Waals surface area contributed by atoms with Gasteiger partial charge in [-0.25, -0.2) is 0 Å². The first kappa shape index (κ1) is 21.8. The van der Waals surface area contributed by atoms with Gasteiger partial charge in [-0.2, -0.15) is 0 Å². The Balaban J connectivity index is 1.33. The molecule has 176 valence electrons. The minimum Gasteiger partial charge on any atom is -0.306 e. The van der Waals surface area contributed by atoms with Gasteiger partial charge in [-0.1, -0.05) is 45.0 Å². The number of aromatic nitrogens is 1. The summed E-state index contributed by atoms with van der Waals surface area (Å²) in [5.74, 6) is 2.61. The Kier molecular flexibility index (Phi) is 4.90. The molecule has 0 amide bonds. The Bertz CT molecular complexity index is 1100. The second-order valence-corrected chi connectivity index (χ2v) is 13.0. The predicted molar refractivity (Wildman–Crippen MR) is 139 cm³/mol. The summed E-state index contributed by atoms with van der Waals surface area (Å²) < 4.78 is 0. The maximum Gasteiger partial charge on any atom is 0.0346 e. The second kappa shape index (κ2) is 7.41. The molecule has 1 heterocycles. The summed E-state index contributed by atoms with van der Waals surface area (Å²) >= 11 is 0. The van der Waals surface area contributed by atoms with E-state index in [-0.39, 0.29) is 0 Å². The van der Waals surface area contributed by atoms with E-state index in [0.717, 1.165) is 23.8 Å². The topological polar surface area (TPSA) is 16.1 Å². The van der Waals surface area contributed by atoms with Gasteiger partial charge in [0.2, 0.25) is 0 Å². The third kappa shape index (κ3) is 2.98. The lowest BCUT2D eigenvalue weighted by molar-refractivity contribution is -0.154. The van der Waals surface area contributed by atoms with Crippen LogP contribution in [-0.2, 0) is 0 Å². The zero-order valence-corrected chi connectivity index (χ0v) is 21.4. The molecular formula is C31H42N2. The lowest BCUT2D eigenvalue weighted by Crippen LogP contribution is -2.59. The van der Waals surface area contributed by atoms with Crippen LogP contribution in [0.25, 0.3) is 16.3 Å². The van der Waals surface area contributed by atoms with E-state index in [9.17, 15) is 0 Å². The number of hydrogen-bond acceptors (Lipinski definition) is 2. The summed E-state index contributed by atoms with van der Waals surface area (Å²) in [6.45, 7) is 7.99. The van der Waals surface area contributed by atoms with Crippen LogP contribution in [0.4, 0.5) is 0 Å². The molecule has 0 aliphatic heterocycles. The van der Waals surface area contributed by atoms with E-state index < -0.39 is 0 Å². The highest BCUT2D eigenvalue weighted by molar-refractivity contribution is 5.95. The largest absolute Gasteiger partial charge is 0.306 e. The molecule has 3 fully saturated rings. The fourth-order valence-corrected chi connectivity index (χ4v) is 9.39. The van der Waals surface area contributed by atoms with Crippen molar-refractivity contribution in [2.45, 2.75) is 78.2 Å². The number of allylic oxidation sites excluding steroid dienone is 2. The highest BCUT2D eigenvalue weighted by Crippen LogP contribution is 2.70. The molecule has 4 aliphatic rings. The van der Waals surface area contributed by atoms with Gasteiger partial charge in [0.25, 0.3) is 0 Å². The minimum absolute atomic E-state index is 0.323. The quantitative estimate of drug-likeness (QED) is 0.476. The zero-order valence-electron chi connectivity index (χ0n) is 21.4. The molecule has 1 aromatic carbocycles. The highest BCUT2D eigenvalue weighted by atomic mass is 15.1. The molecule has 0 bridgehead atoms. The van der Waals surface area contributed by atoms with Gasteiger partial charge >= 0.3 is 0 Å². The monoisotopic (exact) mass is 442 g/mol. The van der Waals surface area contributed by atoms with E-state index in [2.05, 4.69) is 75.1 Å². The Labute approximate surface area is 200 Å². The number of rotatable bonds is 2. The standard InChI is InChI=1S/C31H42N2/c1-29-15-12-25-27-10-9-26(24-8-6-7-21-20-32-18-14-23(21)24)30(27,2)16-13-28(25)31(29,3)17-11-22(19-29)33(4)5/h6-9,14,18,20,22,25,27-28H,10-13,15-17,19H2,1-5H3. The van der Waals surface area contributed by atoms with E-state index in [1.165, 1.54) is 67.7 Å². The first-order chi connectivity index (χ1) is 15.8. The molecule has 3 saturated carbocycles. The van der Waals surface area contributed by atoms with Crippen LogP contribution >= 0.6 is 0 Å². The van der Waals surface area contributed by atoms with Crippen molar-refractivity contribution in [2.24, 2.45) is 34.0 Å². The summed E-state index contributed by atoms with van der Waals surface area (Å²) in [5.41, 5.74) is 4.45. The third-order valence-electron chi connectivity index (χ3n) is 11.6. The van der Waals surface area contributed by atoms with Crippen molar-refractivity contribution in [3.05, 3.63) is 48.3 Å². The molecule has 2 nitrogen and oxygen atoms in total. The molecule has 0 spiro atoms. The molecule has 7 unspecified atom stereocenters. The van der Waals surface area contributed by atoms with Crippen LogP contribution in [0.3, 0.4) is 0 Å². The fourth-order valence-electron chi connectivity index (χ4n) is 9.39. The lowest BCUT2D eigenvalue weighted by atomic mass is 9.40. The average Bonchev–Trinajstić information content (AvgIpc) is 3.15. The van der Waals surface area contributed by atoms with Gasteiger partial charge in [-0.05, 0) is 122 Å². The number of nitrogens with zero attached hydrogens (tertiary/aromatic N) is 2. The van der Waals surface area contributed by atoms with E-state index in [1.807, 2.05) is 12.4 Å². The normalized spacial score (nSPS) is 42.5. The van der Waals surface area contributed by atoms with Gasteiger partial charge in [0.1, 0.15) is 0 Å². The van der Waals surface area contributed by atoms with Crippen molar-refractivity contribution in [2.75, 3.05) is 14.1 Å². The van der Waals surface area contributed by atoms with Crippen LogP contribution in [0.15, 0.2) is 42.7 Å². The molecule has 6 rings (SSSR count). The second-order valence-electron chi connectivity index (χ2n) is 13.0. The van der Waals surface area contributed by atoms with Crippen molar-refractivity contribution in [1.29, 1.82) is 0 Å². The Hall–Kier alpha value is -1.67. The molecule has 1 aromatic heterocycles. The average molecular weight is 443 g/mol. The fraction of sp³-hybridized carbons (Fsp3) is 0.645. The van der Waals surface area contributed by atoms with E-state index in [0.29, 0.717) is 16.2 Å². The Morgan fingerprint density at radius 3 is 2.61 bits per heavy atom. The van der Waals surface area contributed by atoms with Crippen molar-refractivity contribution >= 4 is 16.3 Å². The molecule has 2 heteroatoms. The van der Waals surface area contributed by atoms with Gasteiger partial charge in [-0.3, -0.25) is 4.98 Å². The Morgan fingerprint density at radius 1 is 0.939 bits per heavy atom. The van der Waals surface area contributed by atoms with Crippen LogP contribution in [-0.4, -0.2) is 30.0 Å². The first-order valence-corrected chi connectivity index (χ1v) is 13.5. The van der Waals surface area contributed by atoms with Crippen LogP contribution in [0.1, 0.15) is 77.7 Å². The predicted octanol–water partition coefficient (Wildman–Crippen LogP) is 7.59. The van der Waals surface area contributed by atoms with E-state index in [1.54, 1.807) is 5.57 Å². The van der Waals surface area contributed by atoms with Gasteiger partial charge in [-0.15, -0.1) is 0 Å². The van der Waals surface area contributed by atoms with Crippen molar-refractivity contribution in [1.82, 2.24) is 9.88 Å². The smallest absolute Gasteiger partial charge is 0.0346 e. The number of fused-ring (bicyclic) bond motifs is 6. The van der Waals surface area contributed by atoms with Crippen LogP contribution < -0.4 is 0 Å². The molecule has 0 saturated heterocycles. The molecule has 7 atom stereocenters. The molecule has 4 aliphatic carbocycles. The van der Waals surface area contributed by atoms with Gasteiger partial charge in [0.15, 0.2) is 0 Å². The van der Waals surface area contributed by atoms with Gasteiger partial charge in [0.05, 0.1) is 0 Å². The minimum atomic E-state index is 0.323. The first-order valence-electron chi connectivity index (χ1n) is 13.5. The molecule has 0 radical (unpaired) electrons. The maximum atomic E-state index is 4.38. The third-order valence-corrected chi connectivity index (χ3v) is 11.6. The van der Waals surface area contributed by atoms with Crippen molar-refractivity contribution < 1.29 is 0 Å². The van der Waals surface area contributed by atoms with Crippen molar-refractivity contribution in [3.8, 4) is 0 Å². The van der Waals surface area contributed by atoms with Crippen LogP contribution in [0.5, 0.6) is 0 Å². The number of benzene rings is 1. The number of pyridine rings is 1. The molecule has 33 heavy (non-hydrogen) atoms. The summed E-state index contributed by atoms with van der Waals surface area (Å²) in [7, 11) is 4.59. The van der Waals surface area contributed by atoms with E-state index in [4.69, 9.17) is 0 Å². The maximum absolute atomic E-state index is 4.38. The zero-order chi connectivity index (χ0) is 23.0. The van der Waals surface area contributed by atoms with Crippen LogP contribution in [0, 0.1) is 34.0 Å². The van der Waals surface area contributed by atoms with E-state index >= 15 is 0 Å². The van der Waals surface area contributed by atoms with Gasteiger partial charge < -0.3 is 4.90 Å². The van der Waals surface area contributed by atoms with Crippen molar-refractivity contribution in [3.63, 3.8) is 0 Å². The van der Waals surface area contributed by atoms with Gasteiger partial charge in [0, 0.05) is 23.8 Å². The summed E-state index contributed by atoms with van der Waals surface area (Å²) in [6.07, 6.45) is 17.8. The highest BCUT2D eigenvalue weighted by Gasteiger charge is 2.62. The summed E-state index contributed by atoms with van der Waals surface area (Å²) in [4.78, 5) is 6.88. The SMILES string of the molecule is CN(C)C1CCC2(C)C3CCC4(C)C(c5cccc6cnccc56)=CCC4C3CCC2(C)C1. The number of hydrogen-bond donors (Lipinski definition) is 0.